The Hall–Kier alpha value is -1.33. The van der Waals surface area contributed by atoms with Crippen LogP contribution in [0.4, 0.5) is 4.39 Å². The van der Waals surface area contributed by atoms with Crippen molar-refractivity contribution in [2.75, 3.05) is 13.5 Å². The van der Waals surface area contributed by atoms with Gasteiger partial charge >= 0.3 is 0 Å². The van der Waals surface area contributed by atoms with Gasteiger partial charge in [-0.05, 0) is 0 Å². The van der Waals surface area contributed by atoms with Crippen molar-refractivity contribution in [1.82, 2.24) is 9.80 Å². The van der Waals surface area contributed by atoms with Crippen molar-refractivity contribution in [2.24, 2.45) is 0 Å². The predicted molar refractivity (Wildman–Crippen MR) is 45.3 cm³/mol. The van der Waals surface area contributed by atoms with Crippen LogP contribution in [0.2, 0.25) is 0 Å². The lowest BCUT2D eigenvalue weighted by molar-refractivity contribution is 0.0926. The normalized spacial score (nSPS) is 17.9. The SMILES string of the molecule is C=C1C(F)=CN(CO)C(=C)N1CO. The molecule has 1 aliphatic rings. The van der Waals surface area contributed by atoms with Crippen LogP contribution in [0.25, 0.3) is 0 Å². The van der Waals surface area contributed by atoms with E-state index in [1.54, 1.807) is 0 Å². The highest BCUT2D eigenvalue weighted by Crippen LogP contribution is 2.26. The first kappa shape index (κ1) is 9.76. The van der Waals surface area contributed by atoms with Gasteiger partial charge in [0.05, 0.1) is 5.70 Å². The van der Waals surface area contributed by atoms with Crippen LogP contribution in [-0.4, -0.2) is 33.5 Å². The Morgan fingerprint density at radius 3 is 2.38 bits per heavy atom. The Kier molecular flexibility index (Phi) is 2.69. The van der Waals surface area contributed by atoms with E-state index in [-0.39, 0.29) is 11.5 Å². The minimum Gasteiger partial charge on any atom is -0.376 e. The average molecular weight is 186 g/mol. The third-order valence-corrected chi connectivity index (χ3v) is 1.81. The summed E-state index contributed by atoms with van der Waals surface area (Å²) >= 11 is 0. The van der Waals surface area contributed by atoms with Crippen LogP contribution in [0.15, 0.2) is 36.7 Å². The molecular formula is C8H11FN2O2. The van der Waals surface area contributed by atoms with Gasteiger partial charge in [-0.15, -0.1) is 0 Å². The maximum atomic E-state index is 13.0. The summed E-state index contributed by atoms with van der Waals surface area (Å²) in [7, 11) is 0. The third kappa shape index (κ3) is 1.56. The lowest BCUT2D eigenvalue weighted by Crippen LogP contribution is -2.36. The van der Waals surface area contributed by atoms with E-state index in [4.69, 9.17) is 10.2 Å². The Bertz CT molecular complexity index is 275. The number of allylic oxidation sites excluding steroid dienone is 1. The number of hydrogen-bond acceptors (Lipinski definition) is 4. The number of hydrogen-bond donors (Lipinski definition) is 2. The summed E-state index contributed by atoms with van der Waals surface area (Å²) in [5.74, 6) is -0.313. The van der Waals surface area contributed by atoms with Crippen molar-refractivity contribution >= 4 is 0 Å². The van der Waals surface area contributed by atoms with Crippen LogP contribution in [0, 0.1) is 0 Å². The van der Waals surface area contributed by atoms with E-state index in [1.807, 2.05) is 0 Å². The summed E-state index contributed by atoms with van der Waals surface area (Å²) in [6.45, 7) is 6.17. The molecule has 0 amide bonds. The van der Waals surface area contributed by atoms with Crippen LogP contribution in [0.5, 0.6) is 0 Å². The van der Waals surface area contributed by atoms with E-state index in [0.717, 1.165) is 11.1 Å². The van der Waals surface area contributed by atoms with Crippen LogP contribution in [0.3, 0.4) is 0 Å². The van der Waals surface area contributed by atoms with Gasteiger partial charge < -0.3 is 20.0 Å². The van der Waals surface area contributed by atoms with Crippen molar-refractivity contribution < 1.29 is 14.6 Å². The lowest BCUT2D eigenvalue weighted by atomic mass is 10.3. The highest BCUT2D eigenvalue weighted by atomic mass is 19.1. The molecule has 0 radical (unpaired) electrons. The number of aliphatic hydroxyl groups excluding tert-OH is 2. The molecule has 0 aromatic heterocycles. The second-order valence-corrected chi connectivity index (χ2v) is 2.52. The standard InChI is InChI=1S/C8H11FN2O2/c1-6-8(9)3-10(4-12)7(2)11(6)5-13/h3,12-13H,1-2,4-5H2. The summed E-state index contributed by atoms with van der Waals surface area (Å²) < 4.78 is 13.0. The molecule has 0 spiro atoms. The molecule has 0 aliphatic carbocycles. The monoisotopic (exact) mass is 186 g/mol. The van der Waals surface area contributed by atoms with E-state index in [1.165, 1.54) is 4.90 Å². The maximum absolute atomic E-state index is 13.0. The fourth-order valence-corrected chi connectivity index (χ4v) is 1.02. The fourth-order valence-electron chi connectivity index (χ4n) is 1.02. The molecule has 13 heavy (non-hydrogen) atoms. The molecule has 5 heteroatoms. The van der Waals surface area contributed by atoms with Gasteiger partial charge in [-0.1, -0.05) is 13.2 Å². The van der Waals surface area contributed by atoms with Crippen molar-refractivity contribution in [3.8, 4) is 0 Å². The summed E-state index contributed by atoms with van der Waals surface area (Å²) in [5.41, 5.74) is 0.0391. The molecule has 2 N–H and O–H groups in total. The number of nitrogens with zero attached hydrogens (tertiary/aromatic N) is 2. The molecule has 1 aliphatic heterocycles. The van der Waals surface area contributed by atoms with Crippen molar-refractivity contribution in [3.63, 3.8) is 0 Å². The quantitative estimate of drug-likeness (QED) is 0.651. The smallest absolute Gasteiger partial charge is 0.162 e. The first-order valence-corrected chi connectivity index (χ1v) is 3.63. The van der Waals surface area contributed by atoms with E-state index >= 15 is 0 Å². The average Bonchev–Trinajstić information content (AvgIpc) is 2.12. The number of halogens is 1. The lowest BCUT2D eigenvalue weighted by Gasteiger charge is -2.35. The van der Waals surface area contributed by atoms with Crippen molar-refractivity contribution in [1.29, 1.82) is 0 Å². The van der Waals surface area contributed by atoms with Gasteiger partial charge in [-0.25, -0.2) is 4.39 Å². The topological polar surface area (TPSA) is 46.9 Å². The predicted octanol–water partition coefficient (Wildman–Crippen LogP) is 0.299. The van der Waals surface area contributed by atoms with Gasteiger partial charge in [-0.3, -0.25) is 0 Å². The molecule has 0 saturated heterocycles. The first-order chi connectivity index (χ1) is 6.11. The van der Waals surface area contributed by atoms with Gasteiger partial charge in [0.2, 0.25) is 0 Å². The molecule has 72 valence electrons. The zero-order valence-electron chi connectivity index (χ0n) is 7.07. The molecule has 1 rings (SSSR count). The van der Waals surface area contributed by atoms with Gasteiger partial charge in [0, 0.05) is 6.20 Å². The summed E-state index contributed by atoms with van der Waals surface area (Å²) in [6.07, 6.45) is 1.08. The molecule has 0 bridgehead atoms. The van der Waals surface area contributed by atoms with Gasteiger partial charge in [-0.2, -0.15) is 0 Å². The summed E-state index contributed by atoms with van der Waals surface area (Å²) in [5, 5.41) is 17.7. The number of aliphatic hydroxyl groups is 2. The Morgan fingerprint density at radius 2 is 1.92 bits per heavy atom. The molecule has 0 fully saturated rings. The largest absolute Gasteiger partial charge is 0.376 e. The van der Waals surface area contributed by atoms with Crippen LogP contribution >= 0.6 is 0 Å². The van der Waals surface area contributed by atoms with Crippen molar-refractivity contribution in [3.05, 3.63) is 36.7 Å². The molecule has 0 unspecified atom stereocenters. The maximum Gasteiger partial charge on any atom is 0.162 e. The minimum atomic E-state index is -0.601. The Balaban J connectivity index is 2.99. The van der Waals surface area contributed by atoms with Crippen molar-refractivity contribution in [2.45, 2.75) is 0 Å². The molecule has 0 saturated carbocycles. The second kappa shape index (κ2) is 3.59. The van der Waals surface area contributed by atoms with Gasteiger partial charge in [0.1, 0.15) is 19.3 Å². The molecule has 0 aromatic carbocycles. The second-order valence-electron chi connectivity index (χ2n) is 2.52. The van der Waals surface area contributed by atoms with E-state index in [9.17, 15) is 4.39 Å². The Labute approximate surface area is 75.5 Å². The highest BCUT2D eigenvalue weighted by Gasteiger charge is 2.23. The molecule has 0 aromatic rings. The first-order valence-electron chi connectivity index (χ1n) is 3.63. The van der Waals surface area contributed by atoms with E-state index < -0.39 is 19.3 Å². The summed E-state index contributed by atoms with van der Waals surface area (Å²) in [4.78, 5) is 2.33. The highest BCUT2D eigenvalue weighted by molar-refractivity contribution is 5.29. The third-order valence-electron chi connectivity index (χ3n) is 1.81. The van der Waals surface area contributed by atoms with Crippen LogP contribution in [-0.2, 0) is 0 Å². The molecule has 1 heterocycles. The zero-order chi connectivity index (χ0) is 10.0. The Morgan fingerprint density at radius 1 is 1.31 bits per heavy atom. The molecular weight excluding hydrogens is 175 g/mol. The van der Waals surface area contributed by atoms with Crippen LogP contribution in [0.1, 0.15) is 0 Å². The molecule has 0 atom stereocenters. The van der Waals surface area contributed by atoms with Gasteiger partial charge in [0.15, 0.2) is 5.83 Å². The zero-order valence-corrected chi connectivity index (χ0v) is 7.07. The van der Waals surface area contributed by atoms with Gasteiger partial charge in [0.25, 0.3) is 0 Å². The summed E-state index contributed by atoms with van der Waals surface area (Å²) in [6, 6.07) is 0. The van der Waals surface area contributed by atoms with E-state index in [2.05, 4.69) is 13.2 Å². The number of rotatable bonds is 2. The minimum absolute atomic E-state index is 0.0391. The van der Waals surface area contributed by atoms with E-state index in [0.29, 0.717) is 0 Å². The molecule has 4 nitrogen and oxygen atoms in total. The fraction of sp³-hybridized carbons (Fsp3) is 0.250. The van der Waals surface area contributed by atoms with Crippen LogP contribution < -0.4 is 0 Å².